The number of anilines is 1. The summed E-state index contributed by atoms with van der Waals surface area (Å²) in [6.07, 6.45) is 1.02. The maximum atomic E-state index is 12.7. The van der Waals surface area contributed by atoms with Gasteiger partial charge in [-0.25, -0.2) is 12.7 Å². The van der Waals surface area contributed by atoms with Crippen LogP contribution in [-0.4, -0.2) is 31.7 Å². The van der Waals surface area contributed by atoms with Crippen LogP contribution in [0.5, 0.6) is 0 Å². The van der Waals surface area contributed by atoms with Gasteiger partial charge in [0, 0.05) is 34.2 Å². The van der Waals surface area contributed by atoms with E-state index in [2.05, 4.69) is 21.2 Å². The largest absolute Gasteiger partial charge is 0.326 e. The fourth-order valence-electron chi connectivity index (χ4n) is 3.10. The van der Waals surface area contributed by atoms with Crippen molar-refractivity contribution in [2.75, 3.05) is 18.4 Å². The molecule has 0 aliphatic carbocycles. The fourth-order valence-corrected chi connectivity index (χ4v) is 5.23. The molecule has 1 N–H and O–H groups in total. The molecule has 144 valence electrons. The number of piperidine rings is 1. The molecule has 2 aromatic carbocycles. The van der Waals surface area contributed by atoms with E-state index in [4.69, 9.17) is 11.6 Å². The third-order valence-corrected chi connectivity index (χ3v) is 7.16. The Balaban J connectivity index is 1.56. The third kappa shape index (κ3) is 5.54. The second-order valence-electron chi connectivity index (χ2n) is 6.56. The van der Waals surface area contributed by atoms with E-state index in [9.17, 15) is 13.2 Å². The lowest BCUT2D eigenvalue weighted by Crippen LogP contribution is -2.41. The Morgan fingerprint density at radius 1 is 1.15 bits per heavy atom. The van der Waals surface area contributed by atoms with E-state index in [-0.39, 0.29) is 17.6 Å². The van der Waals surface area contributed by atoms with Gasteiger partial charge in [-0.2, -0.15) is 0 Å². The van der Waals surface area contributed by atoms with Crippen molar-refractivity contribution in [1.29, 1.82) is 0 Å². The van der Waals surface area contributed by atoms with Gasteiger partial charge in [-0.1, -0.05) is 39.7 Å². The molecule has 1 saturated heterocycles. The van der Waals surface area contributed by atoms with Crippen LogP contribution in [0.15, 0.2) is 53.0 Å². The number of hydrogen-bond donors (Lipinski definition) is 1. The lowest BCUT2D eigenvalue weighted by molar-refractivity contribution is -0.120. The molecule has 1 aliphatic heterocycles. The maximum absolute atomic E-state index is 12.7. The number of halogens is 2. The first kappa shape index (κ1) is 20.3. The lowest BCUT2D eigenvalue weighted by Gasteiger charge is -2.30. The van der Waals surface area contributed by atoms with Gasteiger partial charge in [-0.05, 0) is 54.8 Å². The summed E-state index contributed by atoms with van der Waals surface area (Å²) in [6, 6.07) is 14.2. The maximum Gasteiger partial charge on any atom is 0.227 e. The highest BCUT2D eigenvalue weighted by atomic mass is 79.9. The van der Waals surface area contributed by atoms with Gasteiger partial charge in [0.05, 0.1) is 5.75 Å². The van der Waals surface area contributed by atoms with Gasteiger partial charge in [-0.3, -0.25) is 4.79 Å². The quantitative estimate of drug-likeness (QED) is 0.708. The monoisotopic (exact) mass is 470 g/mol. The van der Waals surface area contributed by atoms with Gasteiger partial charge in [0.25, 0.3) is 0 Å². The van der Waals surface area contributed by atoms with E-state index in [0.717, 1.165) is 10.0 Å². The Morgan fingerprint density at radius 2 is 1.81 bits per heavy atom. The van der Waals surface area contributed by atoms with Crippen molar-refractivity contribution in [2.24, 2.45) is 5.92 Å². The second kappa shape index (κ2) is 8.73. The van der Waals surface area contributed by atoms with Crippen LogP contribution in [0.25, 0.3) is 0 Å². The molecule has 2 aromatic rings. The van der Waals surface area contributed by atoms with Crippen LogP contribution < -0.4 is 5.32 Å². The van der Waals surface area contributed by atoms with Crippen LogP contribution in [0.3, 0.4) is 0 Å². The molecule has 1 amide bonds. The van der Waals surface area contributed by atoms with Crippen LogP contribution in [0.4, 0.5) is 5.69 Å². The van der Waals surface area contributed by atoms with Gasteiger partial charge in [0.15, 0.2) is 0 Å². The Bertz CT molecular complexity index is 911. The Labute approximate surface area is 172 Å². The topological polar surface area (TPSA) is 66.5 Å². The molecule has 1 fully saturated rings. The molecule has 0 unspecified atom stereocenters. The van der Waals surface area contributed by atoms with Crippen molar-refractivity contribution in [3.05, 3.63) is 63.6 Å². The Kier molecular flexibility index (Phi) is 6.57. The molecule has 0 radical (unpaired) electrons. The summed E-state index contributed by atoms with van der Waals surface area (Å²) < 4.78 is 27.7. The van der Waals surface area contributed by atoms with Crippen LogP contribution >= 0.6 is 27.5 Å². The molecule has 1 aliphatic rings. The van der Waals surface area contributed by atoms with Crippen molar-refractivity contribution in [2.45, 2.75) is 18.6 Å². The van der Waals surface area contributed by atoms with Gasteiger partial charge in [0.2, 0.25) is 15.9 Å². The summed E-state index contributed by atoms with van der Waals surface area (Å²) >= 11 is 9.20. The highest BCUT2D eigenvalue weighted by molar-refractivity contribution is 9.10. The summed E-state index contributed by atoms with van der Waals surface area (Å²) in [5.74, 6) is -0.312. The highest BCUT2D eigenvalue weighted by Gasteiger charge is 2.31. The number of carbonyl (C=O) groups excluding carboxylic acids is 1. The summed E-state index contributed by atoms with van der Waals surface area (Å²) in [4.78, 5) is 12.4. The minimum Gasteiger partial charge on any atom is -0.326 e. The molecule has 0 saturated carbocycles. The first-order valence-electron chi connectivity index (χ1n) is 8.62. The molecule has 5 nitrogen and oxygen atoms in total. The third-order valence-electron chi connectivity index (χ3n) is 4.57. The lowest BCUT2D eigenvalue weighted by atomic mass is 9.97. The molecular formula is C19H20BrClN2O3S. The number of sulfonamides is 1. The van der Waals surface area contributed by atoms with Gasteiger partial charge < -0.3 is 5.32 Å². The number of hydrogen-bond acceptors (Lipinski definition) is 3. The minimum absolute atomic E-state index is 0.0337. The number of nitrogens with one attached hydrogen (secondary N) is 1. The fraction of sp³-hybridized carbons (Fsp3) is 0.316. The number of carbonyl (C=O) groups is 1. The molecule has 0 atom stereocenters. The van der Waals surface area contributed by atoms with Gasteiger partial charge in [0.1, 0.15) is 0 Å². The van der Waals surface area contributed by atoms with Gasteiger partial charge in [-0.15, -0.1) is 0 Å². The number of nitrogens with zero attached hydrogens (tertiary/aromatic N) is 1. The molecule has 1 heterocycles. The SMILES string of the molecule is O=C(Nc1ccc(Cl)cc1)C1CCN(S(=O)(=O)Cc2cccc(Br)c2)CC1. The van der Waals surface area contributed by atoms with Crippen molar-refractivity contribution in [3.8, 4) is 0 Å². The molecule has 3 rings (SSSR count). The van der Waals surface area contributed by atoms with Crippen LogP contribution in [0, 0.1) is 5.92 Å². The first-order valence-corrected chi connectivity index (χ1v) is 11.4. The first-order chi connectivity index (χ1) is 12.8. The zero-order valence-corrected chi connectivity index (χ0v) is 17.7. The zero-order chi connectivity index (χ0) is 19.4. The summed E-state index contributed by atoms with van der Waals surface area (Å²) in [5.41, 5.74) is 1.43. The summed E-state index contributed by atoms with van der Waals surface area (Å²) in [7, 11) is -3.40. The predicted octanol–water partition coefficient (Wildman–Crippen LogP) is 4.28. The van der Waals surface area contributed by atoms with Crippen LogP contribution in [0.1, 0.15) is 18.4 Å². The molecule has 0 bridgehead atoms. The smallest absolute Gasteiger partial charge is 0.227 e. The van der Waals surface area contributed by atoms with Crippen LogP contribution in [0.2, 0.25) is 5.02 Å². The number of benzene rings is 2. The standard InChI is InChI=1S/C19H20BrClN2O3S/c20-16-3-1-2-14(12-16)13-27(25,26)23-10-8-15(9-11-23)19(24)22-18-6-4-17(21)5-7-18/h1-7,12,15H,8-11,13H2,(H,22,24). The van der Waals surface area contributed by atoms with Crippen LogP contribution in [-0.2, 0) is 20.6 Å². The zero-order valence-electron chi connectivity index (χ0n) is 14.6. The number of rotatable bonds is 5. The average molecular weight is 472 g/mol. The summed E-state index contributed by atoms with van der Waals surface area (Å²) in [6.45, 7) is 0.712. The normalized spacial score (nSPS) is 16.2. The average Bonchev–Trinajstić information content (AvgIpc) is 2.63. The molecular weight excluding hydrogens is 452 g/mol. The van der Waals surface area contributed by atoms with E-state index in [1.807, 2.05) is 18.2 Å². The minimum atomic E-state index is -3.40. The van der Waals surface area contributed by atoms with Crippen molar-refractivity contribution >= 4 is 49.1 Å². The predicted molar refractivity (Wildman–Crippen MR) is 111 cm³/mol. The van der Waals surface area contributed by atoms with Crippen molar-refractivity contribution in [1.82, 2.24) is 4.31 Å². The molecule has 0 aromatic heterocycles. The highest BCUT2D eigenvalue weighted by Crippen LogP contribution is 2.24. The molecule has 8 heteroatoms. The number of amides is 1. The van der Waals surface area contributed by atoms with E-state index < -0.39 is 10.0 Å². The van der Waals surface area contributed by atoms with Crippen molar-refractivity contribution < 1.29 is 13.2 Å². The molecule has 0 spiro atoms. The Hall–Kier alpha value is -1.41. The van der Waals surface area contributed by atoms with Gasteiger partial charge >= 0.3 is 0 Å². The second-order valence-corrected chi connectivity index (χ2v) is 9.88. The van der Waals surface area contributed by atoms with E-state index in [1.165, 1.54) is 4.31 Å². The Morgan fingerprint density at radius 3 is 2.44 bits per heavy atom. The van der Waals surface area contributed by atoms with E-state index in [1.54, 1.807) is 30.3 Å². The van der Waals surface area contributed by atoms with E-state index in [0.29, 0.717) is 36.6 Å². The molecule has 27 heavy (non-hydrogen) atoms. The van der Waals surface area contributed by atoms with E-state index >= 15 is 0 Å². The van der Waals surface area contributed by atoms with Crippen molar-refractivity contribution in [3.63, 3.8) is 0 Å². The summed E-state index contributed by atoms with van der Waals surface area (Å²) in [5, 5.41) is 3.48.